The Morgan fingerprint density at radius 3 is 2.12 bits per heavy atom. The van der Waals surface area contributed by atoms with Crippen LogP contribution in [0.15, 0.2) is 54.6 Å². The summed E-state index contributed by atoms with van der Waals surface area (Å²) in [7, 11) is 0. The van der Waals surface area contributed by atoms with E-state index in [0.717, 1.165) is 73.1 Å². The lowest BCUT2D eigenvalue weighted by Crippen LogP contribution is -2.14. The Morgan fingerprint density at radius 1 is 0.765 bits per heavy atom. The predicted molar refractivity (Wildman–Crippen MR) is 136 cm³/mol. The van der Waals surface area contributed by atoms with Gasteiger partial charge in [0.05, 0.1) is 0 Å². The molecule has 4 rings (SSSR count). The molecule has 3 heteroatoms. The molecule has 0 bridgehead atoms. The molecule has 178 valence electrons. The minimum atomic E-state index is -0.773. The van der Waals surface area contributed by atoms with Gasteiger partial charge in [-0.3, -0.25) is 0 Å². The van der Waals surface area contributed by atoms with Gasteiger partial charge < -0.3 is 0 Å². The van der Waals surface area contributed by atoms with Crippen molar-refractivity contribution in [3.8, 4) is 11.1 Å². The molecule has 0 spiro atoms. The molecule has 0 saturated heterocycles. The maximum atomic E-state index is 14.9. The minimum absolute atomic E-state index is 0.115. The van der Waals surface area contributed by atoms with Crippen LogP contribution in [0.2, 0.25) is 0 Å². The van der Waals surface area contributed by atoms with Crippen LogP contribution in [0.5, 0.6) is 0 Å². The molecular formula is C31H33F3. The standard InChI is InChI=1S/C31H33F3/c1-3-5-25-16-17-27(20-29(25)32)23-11-8-22(9-12-23)10-15-26-18-19-28(31(34)30(26)33)24-13-6-21(4-2)7-14-24/h8-12,15-21,24H,3-7,13-14H2,1-2H3. The van der Waals surface area contributed by atoms with Crippen LogP contribution in [0.1, 0.15) is 80.5 Å². The van der Waals surface area contributed by atoms with E-state index in [0.29, 0.717) is 5.56 Å². The Bertz CT molecular complexity index is 1140. The van der Waals surface area contributed by atoms with Crippen molar-refractivity contribution in [3.05, 3.63) is 94.3 Å². The van der Waals surface area contributed by atoms with E-state index >= 15 is 0 Å². The van der Waals surface area contributed by atoms with Gasteiger partial charge in [-0.05, 0) is 77.8 Å². The monoisotopic (exact) mass is 462 g/mol. The number of aryl methyl sites for hydroxylation is 1. The lowest BCUT2D eigenvalue weighted by Gasteiger charge is -2.28. The fourth-order valence-corrected chi connectivity index (χ4v) is 5.08. The smallest absolute Gasteiger partial charge is 0.166 e. The first-order valence-corrected chi connectivity index (χ1v) is 12.5. The molecule has 0 aromatic heterocycles. The summed E-state index contributed by atoms with van der Waals surface area (Å²) in [6, 6.07) is 16.4. The molecule has 1 aliphatic rings. The van der Waals surface area contributed by atoms with Gasteiger partial charge in [0, 0.05) is 5.56 Å². The molecule has 34 heavy (non-hydrogen) atoms. The second-order valence-electron chi connectivity index (χ2n) is 9.51. The minimum Gasteiger partial charge on any atom is -0.207 e. The Hall–Kier alpha value is -2.81. The Labute approximate surface area is 201 Å². The summed E-state index contributed by atoms with van der Waals surface area (Å²) >= 11 is 0. The quantitative estimate of drug-likeness (QED) is 0.307. The van der Waals surface area contributed by atoms with E-state index in [2.05, 4.69) is 6.92 Å². The summed E-state index contributed by atoms with van der Waals surface area (Å²) in [4.78, 5) is 0. The Balaban J connectivity index is 1.46. The van der Waals surface area contributed by atoms with Crippen molar-refractivity contribution in [3.63, 3.8) is 0 Å². The van der Waals surface area contributed by atoms with E-state index < -0.39 is 11.6 Å². The molecule has 0 nitrogen and oxygen atoms in total. The van der Waals surface area contributed by atoms with Gasteiger partial charge in [-0.2, -0.15) is 0 Å². The zero-order valence-electron chi connectivity index (χ0n) is 20.1. The molecule has 1 saturated carbocycles. The van der Waals surface area contributed by atoms with Crippen molar-refractivity contribution in [1.82, 2.24) is 0 Å². The van der Waals surface area contributed by atoms with E-state index in [-0.39, 0.29) is 17.3 Å². The summed E-state index contributed by atoms with van der Waals surface area (Å²) in [5.41, 5.74) is 4.11. The Kier molecular flexibility index (Phi) is 7.92. The summed E-state index contributed by atoms with van der Waals surface area (Å²) in [5.74, 6) is -0.819. The highest BCUT2D eigenvalue weighted by Gasteiger charge is 2.25. The fourth-order valence-electron chi connectivity index (χ4n) is 5.08. The summed E-state index contributed by atoms with van der Waals surface area (Å²) in [6.45, 7) is 4.23. The molecule has 3 aromatic carbocycles. The molecule has 0 unspecified atom stereocenters. The van der Waals surface area contributed by atoms with E-state index in [1.54, 1.807) is 30.4 Å². The van der Waals surface area contributed by atoms with Crippen LogP contribution in [0.3, 0.4) is 0 Å². The molecular weight excluding hydrogens is 429 g/mol. The number of hydrogen-bond acceptors (Lipinski definition) is 0. The third-order valence-electron chi connectivity index (χ3n) is 7.28. The average molecular weight is 463 g/mol. The van der Waals surface area contributed by atoms with Crippen LogP contribution >= 0.6 is 0 Å². The van der Waals surface area contributed by atoms with Gasteiger partial charge in [-0.15, -0.1) is 0 Å². The molecule has 0 N–H and O–H groups in total. The van der Waals surface area contributed by atoms with Crippen LogP contribution in [-0.2, 0) is 6.42 Å². The molecule has 0 atom stereocenters. The average Bonchev–Trinajstić information content (AvgIpc) is 2.87. The van der Waals surface area contributed by atoms with E-state index in [9.17, 15) is 13.2 Å². The second-order valence-corrected chi connectivity index (χ2v) is 9.51. The summed E-state index contributed by atoms with van der Waals surface area (Å²) < 4.78 is 44.0. The van der Waals surface area contributed by atoms with E-state index in [1.165, 1.54) is 0 Å². The molecule has 0 heterocycles. The largest absolute Gasteiger partial charge is 0.207 e. The van der Waals surface area contributed by atoms with Gasteiger partial charge in [0.15, 0.2) is 11.6 Å². The first-order chi connectivity index (χ1) is 16.5. The van der Waals surface area contributed by atoms with Crippen LogP contribution in [0, 0.1) is 23.4 Å². The lowest BCUT2D eigenvalue weighted by molar-refractivity contribution is 0.312. The van der Waals surface area contributed by atoms with Crippen molar-refractivity contribution in [2.45, 2.75) is 64.7 Å². The zero-order valence-corrected chi connectivity index (χ0v) is 20.1. The van der Waals surface area contributed by atoms with E-state index in [4.69, 9.17) is 0 Å². The molecule has 3 aromatic rings. The highest BCUT2D eigenvalue weighted by molar-refractivity contribution is 5.72. The first kappa shape index (κ1) is 24.3. The van der Waals surface area contributed by atoms with Crippen LogP contribution in [-0.4, -0.2) is 0 Å². The summed E-state index contributed by atoms with van der Waals surface area (Å²) in [6.07, 6.45) is 10.2. The number of benzene rings is 3. The number of hydrogen-bond donors (Lipinski definition) is 0. The van der Waals surface area contributed by atoms with Gasteiger partial charge in [0.2, 0.25) is 0 Å². The van der Waals surface area contributed by atoms with Gasteiger partial charge in [0.1, 0.15) is 5.82 Å². The van der Waals surface area contributed by atoms with Gasteiger partial charge in [0.25, 0.3) is 0 Å². The lowest BCUT2D eigenvalue weighted by atomic mass is 9.77. The molecule has 0 amide bonds. The van der Waals surface area contributed by atoms with Gasteiger partial charge >= 0.3 is 0 Å². The number of rotatable bonds is 7. The van der Waals surface area contributed by atoms with Crippen LogP contribution < -0.4 is 0 Å². The van der Waals surface area contributed by atoms with Crippen molar-refractivity contribution < 1.29 is 13.2 Å². The zero-order chi connectivity index (χ0) is 24.1. The van der Waals surface area contributed by atoms with Crippen LogP contribution in [0.25, 0.3) is 23.3 Å². The van der Waals surface area contributed by atoms with Crippen molar-refractivity contribution in [1.29, 1.82) is 0 Å². The number of halogens is 3. The highest BCUT2D eigenvalue weighted by atomic mass is 19.2. The highest BCUT2D eigenvalue weighted by Crippen LogP contribution is 2.38. The van der Waals surface area contributed by atoms with Crippen molar-refractivity contribution in [2.75, 3.05) is 0 Å². The van der Waals surface area contributed by atoms with Gasteiger partial charge in [-0.1, -0.05) is 87.4 Å². The van der Waals surface area contributed by atoms with Crippen molar-refractivity contribution in [2.24, 2.45) is 5.92 Å². The normalized spacial score (nSPS) is 18.5. The molecule has 1 aliphatic carbocycles. The molecule has 0 radical (unpaired) electrons. The summed E-state index contributed by atoms with van der Waals surface area (Å²) in [5, 5.41) is 0. The second kappa shape index (κ2) is 11.1. The maximum absolute atomic E-state index is 14.9. The topological polar surface area (TPSA) is 0 Å². The van der Waals surface area contributed by atoms with Gasteiger partial charge in [-0.25, -0.2) is 13.2 Å². The molecule has 0 aliphatic heterocycles. The molecule has 1 fully saturated rings. The fraction of sp³-hybridized carbons (Fsp3) is 0.355. The Morgan fingerprint density at radius 2 is 1.47 bits per heavy atom. The third-order valence-corrected chi connectivity index (χ3v) is 7.28. The SMILES string of the molecule is CCCc1ccc(-c2ccc(C=Cc3ccc(C4CCC(CC)CC4)c(F)c3F)cc2)cc1F. The first-order valence-electron chi connectivity index (χ1n) is 12.5. The van der Waals surface area contributed by atoms with E-state index in [1.807, 2.05) is 43.3 Å². The third kappa shape index (κ3) is 5.46. The van der Waals surface area contributed by atoms with Crippen molar-refractivity contribution >= 4 is 12.2 Å². The maximum Gasteiger partial charge on any atom is 0.166 e. The predicted octanol–water partition coefficient (Wildman–Crippen LogP) is 9.58. The van der Waals surface area contributed by atoms with Crippen LogP contribution in [0.4, 0.5) is 13.2 Å².